The normalized spacial score (nSPS) is 10.4. The van der Waals surface area contributed by atoms with Crippen molar-refractivity contribution in [2.75, 3.05) is 13.1 Å². The van der Waals surface area contributed by atoms with E-state index in [4.69, 9.17) is 4.74 Å². The van der Waals surface area contributed by atoms with Crippen molar-refractivity contribution >= 4 is 24.6 Å². The molecule has 162 valence electrons. The van der Waals surface area contributed by atoms with Gasteiger partial charge < -0.3 is 20.5 Å². The minimum atomic E-state index is -0.545. The average molecular weight is 416 g/mol. The highest BCUT2D eigenvalue weighted by Crippen LogP contribution is 2.21. The second-order valence-corrected chi connectivity index (χ2v) is 7.53. The summed E-state index contributed by atoms with van der Waals surface area (Å²) in [5, 5.41) is 15.1. The number of ether oxygens (including phenoxy) is 1. The number of nitrogens with one attached hydrogen (secondary N) is 2. The molecular weight excluding hydrogens is 388 g/mol. The summed E-state index contributed by atoms with van der Waals surface area (Å²) in [7, 11) is 0. The Morgan fingerprint density at radius 1 is 1.07 bits per heavy atom. The van der Waals surface area contributed by atoms with Crippen LogP contribution in [0.25, 0.3) is 0 Å². The van der Waals surface area contributed by atoms with Gasteiger partial charge in [0.15, 0.2) is 12.6 Å². The van der Waals surface area contributed by atoms with Crippen molar-refractivity contribution in [3.8, 4) is 17.6 Å². The molecule has 30 heavy (non-hydrogen) atoms. The molecule has 0 atom stereocenters. The van der Waals surface area contributed by atoms with Gasteiger partial charge in [-0.3, -0.25) is 14.4 Å². The Morgan fingerprint density at radius 2 is 1.67 bits per heavy atom. The van der Waals surface area contributed by atoms with Crippen LogP contribution in [-0.2, 0) is 9.53 Å². The Morgan fingerprint density at radius 3 is 2.23 bits per heavy atom. The van der Waals surface area contributed by atoms with Gasteiger partial charge in [0.05, 0.1) is 11.1 Å². The van der Waals surface area contributed by atoms with E-state index in [1.807, 2.05) is 0 Å². The van der Waals surface area contributed by atoms with Crippen LogP contribution in [0.15, 0.2) is 12.1 Å². The van der Waals surface area contributed by atoms with E-state index in [-0.39, 0.29) is 22.8 Å². The smallest absolute Gasteiger partial charge is 0.407 e. The van der Waals surface area contributed by atoms with E-state index in [2.05, 4.69) is 22.5 Å². The lowest BCUT2D eigenvalue weighted by Gasteiger charge is -2.19. The lowest BCUT2D eigenvalue weighted by atomic mass is 10.1. The molecule has 0 saturated carbocycles. The monoisotopic (exact) mass is 416 g/mol. The van der Waals surface area contributed by atoms with E-state index in [9.17, 15) is 24.3 Å². The van der Waals surface area contributed by atoms with Crippen molar-refractivity contribution in [2.24, 2.45) is 0 Å². The summed E-state index contributed by atoms with van der Waals surface area (Å²) in [6.07, 6.45) is 2.34. The zero-order chi connectivity index (χ0) is 22.6. The molecule has 0 heterocycles. The lowest BCUT2D eigenvalue weighted by molar-refractivity contribution is -0.121. The number of hydrogen-bond acceptors (Lipinski definition) is 6. The highest BCUT2D eigenvalue weighted by molar-refractivity contribution is 5.89. The summed E-state index contributed by atoms with van der Waals surface area (Å²) in [4.78, 5) is 45.1. The molecule has 1 aromatic carbocycles. The number of aldehydes is 2. The van der Waals surface area contributed by atoms with Gasteiger partial charge in [-0.25, -0.2) is 4.79 Å². The molecule has 3 N–H and O–H groups in total. The van der Waals surface area contributed by atoms with Crippen LogP contribution in [0.5, 0.6) is 5.75 Å². The molecule has 0 spiro atoms. The maximum absolute atomic E-state index is 11.8. The first-order valence-corrected chi connectivity index (χ1v) is 9.66. The lowest BCUT2D eigenvalue weighted by Crippen LogP contribution is -2.34. The molecule has 0 saturated heterocycles. The Bertz CT molecular complexity index is 801. The van der Waals surface area contributed by atoms with Crippen LogP contribution in [0.1, 0.15) is 72.7 Å². The number of phenolic OH excluding ortho intramolecular Hbond substituents is 1. The summed E-state index contributed by atoms with van der Waals surface area (Å²) in [5.41, 5.74) is -0.0929. The zero-order valence-corrected chi connectivity index (χ0v) is 17.5. The van der Waals surface area contributed by atoms with Crippen molar-refractivity contribution in [3.63, 3.8) is 0 Å². The SMILES string of the molecule is CC(C)(C)OC(=O)NCCCNC(=O)CCCC#Cc1cc(C=O)c(O)c(C=O)c1. The van der Waals surface area contributed by atoms with E-state index >= 15 is 0 Å². The summed E-state index contributed by atoms with van der Waals surface area (Å²) in [6.45, 7) is 6.20. The number of phenols is 1. The third-order valence-electron chi connectivity index (χ3n) is 3.71. The summed E-state index contributed by atoms with van der Waals surface area (Å²) >= 11 is 0. The third kappa shape index (κ3) is 9.73. The average Bonchev–Trinajstić information content (AvgIpc) is 2.66. The molecule has 0 aliphatic heterocycles. The number of alkyl carbamates (subject to hydrolysis) is 1. The Kier molecular flexibility index (Phi) is 10.1. The predicted octanol–water partition coefficient (Wildman–Crippen LogP) is 2.57. The fraction of sp³-hybridized carbons (Fsp3) is 0.455. The highest BCUT2D eigenvalue weighted by atomic mass is 16.6. The minimum Gasteiger partial charge on any atom is -0.506 e. The number of benzene rings is 1. The molecule has 0 aliphatic carbocycles. The van der Waals surface area contributed by atoms with Gasteiger partial charge in [0, 0.05) is 31.5 Å². The van der Waals surface area contributed by atoms with Crippen LogP contribution in [0.4, 0.5) is 4.79 Å². The maximum atomic E-state index is 11.8. The first-order chi connectivity index (χ1) is 14.2. The second-order valence-electron chi connectivity index (χ2n) is 7.53. The summed E-state index contributed by atoms with van der Waals surface area (Å²) in [6, 6.07) is 2.81. The van der Waals surface area contributed by atoms with E-state index in [1.165, 1.54) is 12.1 Å². The second kappa shape index (κ2) is 12.3. The highest BCUT2D eigenvalue weighted by Gasteiger charge is 2.15. The van der Waals surface area contributed by atoms with E-state index in [0.29, 0.717) is 56.9 Å². The molecular formula is C22H28N2O6. The molecule has 1 rings (SSSR count). The fourth-order valence-electron chi connectivity index (χ4n) is 2.34. The minimum absolute atomic E-state index is 0.00411. The van der Waals surface area contributed by atoms with Crippen LogP contribution in [0, 0.1) is 11.8 Å². The molecule has 8 heteroatoms. The Hall–Kier alpha value is -3.34. The molecule has 0 bridgehead atoms. The fourth-order valence-corrected chi connectivity index (χ4v) is 2.34. The zero-order valence-electron chi connectivity index (χ0n) is 17.5. The number of carbonyl (C=O) groups is 4. The van der Waals surface area contributed by atoms with Crippen LogP contribution >= 0.6 is 0 Å². The number of aromatic hydroxyl groups is 1. The first-order valence-electron chi connectivity index (χ1n) is 9.66. The van der Waals surface area contributed by atoms with Gasteiger partial charge >= 0.3 is 6.09 Å². The van der Waals surface area contributed by atoms with E-state index < -0.39 is 11.7 Å². The predicted molar refractivity (Wildman–Crippen MR) is 111 cm³/mol. The molecule has 0 aromatic heterocycles. The molecule has 0 unspecified atom stereocenters. The standard InChI is InChI=1S/C22H28N2O6/c1-22(2,3)30-21(29)24-11-7-10-23-19(27)9-6-4-5-8-16-12-17(14-25)20(28)18(13-16)15-26/h12-15,28H,4,6-7,9-11H2,1-3H3,(H,23,27)(H,24,29). The van der Waals surface area contributed by atoms with E-state index in [0.717, 1.165) is 0 Å². The molecule has 8 nitrogen and oxygen atoms in total. The number of rotatable bonds is 9. The molecule has 0 radical (unpaired) electrons. The number of unbranched alkanes of at least 4 members (excludes halogenated alkanes) is 1. The van der Waals surface area contributed by atoms with Gasteiger partial charge in [-0.05, 0) is 45.7 Å². The topological polar surface area (TPSA) is 122 Å². The molecule has 0 fully saturated rings. The van der Waals surface area contributed by atoms with Gasteiger partial charge in [0.2, 0.25) is 5.91 Å². The van der Waals surface area contributed by atoms with Crippen LogP contribution in [-0.4, -0.2) is 48.4 Å². The van der Waals surface area contributed by atoms with Crippen molar-refractivity contribution in [1.29, 1.82) is 0 Å². The molecule has 0 aliphatic rings. The first kappa shape index (κ1) is 24.7. The Labute approximate surface area is 176 Å². The number of carbonyl (C=O) groups excluding carboxylic acids is 4. The maximum Gasteiger partial charge on any atom is 0.407 e. The van der Waals surface area contributed by atoms with Gasteiger partial charge in [0.25, 0.3) is 0 Å². The van der Waals surface area contributed by atoms with Crippen molar-refractivity contribution in [1.82, 2.24) is 10.6 Å². The van der Waals surface area contributed by atoms with Gasteiger partial charge in [0.1, 0.15) is 11.4 Å². The van der Waals surface area contributed by atoms with Gasteiger partial charge in [-0.1, -0.05) is 11.8 Å². The van der Waals surface area contributed by atoms with Crippen LogP contribution in [0.3, 0.4) is 0 Å². The summed E-state index contributed by atoms with van der Waals surface area (Å²) < 4.78 is 5.11. The number of amides is 2. The third-order valence-corrected chi connectivity index (χ3v) is 3.71. The van der Waals surface area contributed by atoms with Crippen molar-refractivity contribution in [2.45, 2.75) is 52.1 Å². The summed E-state index contributed by atoms with van der Waals surface area (Å²) in [5.74, 6) is 5.24. The molecule has 2 amide bonds. The number of hydrogen-bond donors (Lipinski definition) is 3. The van der Waals surface area contributed by atoms with E-state index in [1.54, 1.807) is 20.8 Å². The Balaban J connectivity index is 2.27. The molecule has 1 aromatic rings. The quantitative estimate of drug-likeness (QED) is 0.323. The van der Waals surface area contributed by atoms with Crippen LogP contribution in [0.2, 0.25) is 0 Å². The van der Waals surface area contributed by atoms with Gasteiger partial charge in [-0.15, -0.1) is 0 Å². The largest absolute Gasteiger partial charge is 0.506 e. The van der Waals surface area contributed by atoms with Crippen molar-refractivity contribution in [3.05, 3.63) is 28.8 Å². The van der Waals surface area contributed by atoms with Crippen LogP contribution < -0.4 is 10.6 Å². The van der Waals surface area contributed by atoms with Gasteiger partial charge in [-0.2, -0.15) is 0 Å². The van der Waals surface area contributed by atoms with Crippen molar-refractivity contribution < 1.29 is 29.0 Å².